The van der Waals surface area contributed by atoms with E-state index in [4.69, 9.17) is 0 Å². The molecule has 100 valence electrons. The normalized spacial score (nSPS) is 10.3. The van der Waals surface area contributed by atoms with Crippen molar-refractivity contribution in [2.45, 2.75) is 0 Å². The number of nitrogens with zero attached hydrogens (tertiary/aromatic N) is 3. The van der Waals surface area contributed by atoms with Gasteiger partial charge in [0.2, 0.25) is 0 Å². The van der Waals surface area contributed by atoms with Gasteiger partial charge in [0.1, 0.15) is 5.69 Å². The molecule has 0 saturated heterocycles. The van der Waals surface area contributed by atoms with Gasteiger partial charge in [-0.05, 0) is 15.9 Å². The molecule has 2 N–H and O–H groups in total. The van der Waals surface area contributed by atoms with Gasteiger partial charge in [-0.3, -0.25) is 14.6 Å². The summed E-state index contributed by atoms with van der Waals surface area (Å²) < 4.78 is 6.48. The van der Waals surface area contributed by atoms with E-state index in [-0.39, 0.29) is 17.1 Å². The molecule has 0 saturated carbocycles. The van der Waals surface area contributed by atoms with Crippen molar-refractivity contribution in [2.24, 2.45) is 7.05 Å². The number of hydrogen-bond acceptors (Lipinski definition) is 5. The van der Waals surface area contributed by atoms with Crippen molar-refractivity contribution in [2.75, 3.05) is 12.4 Å². The summed E-state index contributed by atoms with van der Waals surface area (Å²) >= 11 is 3.18. The number of anilines is 1. The summed E-state index contributed by atoms with van der Waals surface area (Å²) in [4.78, 5) is 23.6. The van der Waals surface area contributed by atoms with Gasteiger partial charge in [0.25, 0.3) is 5.91 Å². The first-order valence-electron chi connectivity index (χ1n) is 5.15. The maximum atomic E-state index is 12.0. The molecule has 2 rings (SSSR count). The number of H-pyrrole nitrogens is 1. The molecule has 0 fully saturated rings. The van der Waals surface area contributed by atoms with Crippen LogP contribution in [-0.4, -0.2) is 39.0 Å². The molecule has 0 unspecified atom stereocenters. The Morgan fingerprint density at radius 2 is 2.21 bits per heavy atom. The fraction of sp³-hybridized carbons (Fsp3) is 0.200. The molecule has 0 aliphatic carbocycles. The lowest BCUT2D eigenvalue weighted by Gasteiger charge is -2.05. The van der Waals surface area contributed by atoms with Crippen LogP contribution in [0.25, 0.3) is 0 Å². The number of halogens is 1. The van der Waals surface area contributed by atoms with Crippen LogP contribution in [-0.2, 0) is 11.8 Å². The van der Waals surface area contributed by atoms with E-state index in [1.54, 1.807) is 7.05 Å². The van der Waals surface area contributed by atoms with Crippen LogP contribution < -0.4 is 5.32 Å². The van der Waals surface area contributed by atoms with Gasteiger partial charge in [0.05, 0.1) is 29.7 Å². The highest BCUT2D eigenvalue weighted by Gasteiger charge is 2.21. The number of esters is 1. The number of carbonyl (C=O) groups excluding carboxylic acids is 2. The molecule has 0 atom stereocenters. The third-order valence-corrected chi connectivity index (χ3v) is 2.99. The number of aromatic amines is 1. The fourth-order valence-corrected chi connectivity index (χ4v) is 1.85. The quantitative estimate of drug-likeness (QED) is 0.817. The maximum absolute atomic E-state index is 12.0. The van der Waals surface area contributed by atoms with Crippen LogP contribution in [0.5, 0.6) is 0 Å². The SMILES string of the molecule is COC(=O)c1c(NC(=O)c2[nH]ncc2Br)cnn1C. The second-order valence-electron chi connectivity index (χ2n) is 3.57. The molecule has 8 nitrogen and oxygen atoms in total. The second kappa shape index (κ2) is 5.22. The molecule has 0 radical (unpaired) electrons. The molecule has 2 aromatic heterocycles. The second-order valence-corrected chi connectivity index (χ2v) is 4.42. The Bertz CT molecular complexity index is 633. The van der Waals surface area contributed by atoms with Gasteiger partial charge in [0.15, 0.2) is 5.69 Å². The van der Waals surface area contributed by atoms with Crippen molar-refractivity contribution < 1.29 is 14.3 Å². The van der Waals surface area contributed by atoms with Crippen LogP contribution in [0.15, 0.2) is 16.9 Å². The number of hydrogen-bond donors (Lipinski definition) is 2. The monoisotopic (exact) mass is 327 g/mol. The molecule has 19 heavy (non-hydrogen) atoms. The number of rotatable bonds is 3. The van der Waals surface area contributed by atoms with E-state index in [1.165, 1.54) is 24.2 Å². The smallest absolute Gasteiger partial charge is 0.358 e. The Morgan fingerprint density at radius 1 is 1.47 bits per heavy atom. The van der Waals surface area contributed by atoms with Gasteiger partial charge < -0.3 is 10.1 Å². The molecule has 0 aliphatic rings. The minimum Gasteiger partial charge on any atom is -0.464 e. The highest BCUT2D eigenvalue weighted by Crippen LogP contribution is 2.18. The van der Waals surface area contributed by atoms with E-state index in [0.29, 0.717) is 4.47 Å². The lowest BCUT2D eigenvalue weighted by molar-refractivity contribution is 0.0589. The van der Waals surface area contributed by atoms with Gasteiger partial charge in [-0.15, -0.1) is 0 Å². The lowest BCUT2D eigenvalue weighted by atomic mass is 10.3. The molecule has 0 aromatic carbocycles. The van der Waals surface area contributed by atoms with Crippen molar-refractivity contribution in [3.63, 3.8) is 0 Å². The summed E-state index contributed by atoms with van der Waals surface area (Å²) in [7, 11) is 2.83. The van der Waals surface area contributed by atoms with Crippen LogP contribution in [0.2, 0.25) is 0 Å². The molecule has 1 amide bonds. The molecular formula is C10H10BrN5O3. The Hall–Kier alpha value is -2.16. The Labute approximate surface area is 116 Å². The van der Waals surface area contributed by atoms with Crippen molar-refractivity contribution in [1.82, 2.24) is 20.0 Å². The fourth-order valence-electron chi connectivity index (χ4n) is 1.48. The number of aromatic nitrogens is 4. The van der Waals surface area contributed by atoms with Crippen molar-refractivity contribution in [3.8, 4) is 0 Å². The van der Waals surface area contributed by atoms with Crippen molar-refractivity contribution >= 4 is 33.5 Å². The molecule has 2 aromatic rings. The third-order valence-electron chi connectivity index (χ3n) is 2.39. The third kappa shape index (κ3) is 2.50. The van der Waals surface area contributed by atoms with Crippen LogP contribution in [0.4, 0.5) is 5.69 Å². The first-order valence-corrected chi connectivity index (χ1v) is 5.94. The van der Waals surface area contributed by atoms with E-state index in [0.717, 1.165) is 0 Å². The lowest BCUT2D eigenvalue weighted by Crippen LogP contribution is -2.17. The Balaban J connectivity index is 2.27. The van der Waals surface area contributed by atoms with Crippen LogP contribution in [0.3, 0.4) is 0 Å². The minimum atomic E-state index is -0.584. The molecule has 0 aliphatic heterocycles. The van der Waals surface area contributed by atoms with Crippen LogP contribution in [0, 0.1) is 0 Å². The van der Waals surface area contributed by atoms with Gasteiger partial charge in [0, 0.05) is 7.05 Å². The van der Waals surface area contributed by atoms with Crippen LogP contribution in [0.1, 0.15) is 21.0 Å². The molecule has 9 heteroatoms. The first-order chi connectivity index (χ1) is 9.04. The molecular weight excluding hydrogens is 318 g/mol. The van der Waals surface area contributed by atoms with E-state index >= 15 is 0 Å². The highest BCUT2D eigenvalue weighted by atomic mass is 79.9. The van der Waals surface area contributed by atoms with Gasteiger partial charge >= 0.3 is 5.97 Å². The predicted octanol–water partition coefficient (Wildman–Crippen LogP) is 0.945. The summed E-state index contributed by atoms with van der Waals surface area (Å²) in [6.45, 7) is 0. The topological polar surface area (TPSA) is 102 Å². The van der Waals surface area contributed by atoms with E-state index in [2.05, 4.69) is 41.3 Å². The largest absolute Gasteiger partial charge is 0.464 e. The van der Waals surface area contributed by atoms with Crippen molar-refractivity contribution in [3.05, 3.63) is 28.3 Å². The first kappa shape index (κ1) is 13.3. The number of amides is 1. The number of aryl methyl sites for hydroxylation is 1. The number of carbonyl (C=O) groups is 2. The van der Waals surface area contributed by atoms with Crippen LogP contribution >= 0.6 is 15.9 Å². The number of ether oxygens (including phenoxy) is 1. The van der Waals surface area contributed by atoms with Gasteiger partial charge in [-0.1, -0.05) is 0 Å². The van der Waals surface area contributed by atoms with E-state index in [1.807, 2.05) is 0 Å². The number of methoxy groups -OCH3 is 1. The standard InChI is InChI=1S/C10H10BrN5O3/c1-16-8(10(18)19-2)6(4-13-16)14-9(17)7-5(11)3-12-15-7/h3-4H,1-2H3,(H,12,15)(H,14,17). The molecule has 0 spiro atoms. The predicted molar refractivity (Wildman–Crippen MR) is 68.8 cm³/mol. The van der Waals surface area contributed by atoms with Gasteiger partial charge in [-0.2, -0.15) is 10.2 Å². The molecule has 0 bridgehead atoms. The Morgan fingerprint density at radius 3 is 2.79 bits per heavy atom. The Kier molecular flexibility index (Phi) is 3.65. The summed E-state index contributed by atoms with van der Waals surface area (Å²) in [6.07, 6.45) is 2.83. The summed E-state index contributed by atoms with van der Waals surface area (Å²) in [6, 6.07) is 0. The number of nitrogens with one attached hydrogen (secondary N) is 2. The van der Waals surface area contributed by atoms with Gasteiger partial charge in [-0.25, -0.2) is 4.79 Å². The maximum Gasteiger partial charge on any atom is 0.358 e. The van der Waals surface area contributed by atoms with E-state index in [9.17, 15) is 9.59 Å². The van der Waals surface area contributed by atoms with E-state index < -0.39 is 11.9 Å². The zero-order valence-electron chi connectivity index (χ0n) is 10.1. The zero-order chi connectivity index (χ0) is 14.0. The summed E-state index contributed by atoms with van der Waals surface area (Å²) in [5.41, 5.74) is 0.673. The molecule has 2 heterocycles. The average molecular weight is 328 g/mol. The average Bonchev–Trinajstić information content (AvgIpc) is 2.95. The zero-order valence-corrected chi connectivity index (χ0v) is 11.7. The van der Waals surface area contributed by atoms with Crippen molar-refractivity contribution in [1.29, 1.82) is 0 Å². The summed E-state index contributed by atoms with van der Waals surface area (Å²) in [5, 5.41) is 12.7. The summed E-state index contributed by atoms with van der Waals surface area (Å²) in [5.74, 6) is -1.03. The minimum absolute atomic E-state index is 0.159. The highest BCUT2D eigenvalue weighted by molar-refractivity contribution is 9.10.